The van der Waals surface area contributed by atoms with Crippen molar-refractivity contribution in [3.63, 3.8) is 0 Å². The molecule has 0 spiro atoms. The highest BCUT2D eigenvalue weighted by atomic mass is 16.5. The molecule has 0 unspecified atom stereocenters. The number of ether oxygens (including phenoxy) is 4. The topological polar surface area (TPSA) is 128 Å². The number of anilines is 1. The molecule has 1 amide bonds. The number of amides is 1. The van der Waals surface area contributed by atoms with Crippen LogP contribution in [0, 0.1) is 5.41 Å². The molecule has 0 radical (unpaired) electrons. The third kappa shape index (κ3) is 7.48. The fraction of sp³-hybridized carbons (Fsp3) is 0.188. The van der Waals surface area contributed by atoms with Gasteiger partial charge in [0.25, 0.3) is 0 Å². The molecule has 9 heteroatoms. The largest absolute Gasteiger partial charge is 0.493 e. The number of nitrogens with two attached hydrogens (primary N) is 1. The fourth-order valence-electron chi connectivity index (χ4n) is 4.21. The van der Waals surface area contributed by atoms with E-state index < -0.39 is 6.04 Å². The maximum absolute atomic E-state index is 13.6. The Bertz CT molecular complexity index is 1480. The van der Waals surface area contributed by atoms with Gasteiger partial charge in [-0.15, -0.1) is 0 Å². The Morgan fingerprint density at radius 2 is 1.44 bits per heavy atom. The fourth-order valence-corrected chi connectivity index (χ4v) is 4.21. The standard InChI is InChI=1S/C32H34N4O5/c1-38-26-15-9-22(17-28(26)39-2)19-35-32(37)30(36-25-13-10-23(11-14-25)31(33)34)24-12-16-27(29(18-24)40-3)41-20-21-7-5-4-6-8-21/h4-18,30,36H,19-20H2,1-3H3,(H3,33,34)(H,35,37)/t30-/m0/s1. The number of benzene rings is 4. The molecule has 41 heavy (non-hydrogen) atoms. The molecular formula is C32H34N4O5. The monoisotopic (exact) mass is 554 g/mol. The minimum absolute atomic E-state index is 0.0309. The number of nitrogens with one attached hydrogen (secondary N) is 3. The summed E-state index contributed by atoms with van der Waals surface area (Å²) in [7, 11) is 4.71. The third-order valence-corrected chi connectivity index (χ3v) is 6.44. The molecule has 1 atom stereocenters. The molecule has 0 aromatic heterocycles. The lowest BCUT2D eigenvalue weighted by Crippen LogP contribution is -2.33. The van der Waals surface area contributed by atoms with Crippen molar-refractivity contribution in [2.45, 2.75) is 19.2 Å². The summed E-state index contributed by atoms with van der Waals surface area (Å²) >= 11 is 0. The highest BCUT2D eigenvalue weighted by Crippen LogP contribution is 2.33. The predicted octanol–water partition coefficient (Wildman–Crippen LogP) is 5.05. The van der Waals surface area contributed by atoms with E-state index in [2.05, 4.69) is 10.6 Å². The second-order valence-electron chi connectivity index (χ2n) is 9.16. The lowest BCUT2D eigenvalue weighted by molar-refractivity contribution is -0.122. The van der Waals surface area contributed by atoms with E-state index in [9.17, 15) is 4.79 Å². The van der Waals surface area contributed by atoms with Gasteiger partial charge in [0.15, 0.2) is 23.0 Å². The summed E-state index contributed by atoms with van der Waals surface area (Å²) in [6.07, 6.45) is 0. The van der Waals surface area contributed by atoms with Gasteiger partial charge in [-0.05, 0) is 65.2 Å². The minimum atomic E-state index is -0.768. The Kier molecular flexibility index (Phi) is 9.66. The van der Waals surface area contributed by atoms with Crippen molar-refractivity contribution in [2.24, 2.45) is 5.73 Å². The zero-order valence-corrected chi connectivity index (χ0v) is 23.3. The van der Waals surface area contributed by atoms with Gasteiger partial charge in [-0.25, -0.2) is 0 Å². The van der Waals surface area contributed by atoms with Crippen LogP contribution in [0.1, 0.15) is 28.3 Å². The third-order valence-electron chi connectivity index (χ3n) is 6.44. The smallest absolute Gasteiger partial charge is 0.247 e. The van der Waals surface area contributed by atoms with Crippen LogP contribution in [0.5, 0.6) is 23.0 Å². The quantitative estimate of drug-likeness (QED) is 0.135. The van der Waals surface area contributed by atoms with Crippen LogP contribution in [0.2, 0.25) is 0 Å². The molecule has 0 bridgehead atoms. The van der Waals surface area contributed by atoms with Gasteiger partial charge in [0.2, 0.25) is 5.91 Å². The number of hydrogen-bond acceptors (Lipinski definition) is 7. The molecule has 4 aromatic rings. The number of carbonyl (C=O) groups is 1. The number of carbonyl (C=O) groups excluding carboxylic acids is 1. The van der Waals surface area contributed by atoms with E-state index in [-0.39, 0.29) is 18.3 Å². The van der Waals surface area contributed by atoms with Crippen LogP contribution in [0.15, 0.2) is 91.0 Å². The van der Waals surface area contributed by atoms with Crippen LogP contribution >= 0.6 is 0 Å². The highest BCUT2D eigenvalue weighted by molar-refractivity contribution is 5.95. The van der Waals surface area contributed by atoms with Crippen molar-refractivity contribution < 1.29 is 23.7 Å². The van der Waals surface area contributed by atoms with Crippen LogP contribution < -0.4 is 35.3 Å². The van der Waals surface area contributed by atoms with Gasteiger partial charge < -0.3 is 35.3 Å². The van der Waals surface area contributed by atoms with Gasteiger partial charge >= 0.3 is 0 Å². The van der Waals surface area contributed by atoms with Crippen LogP contribution in [0.4, 0.5) is 5.69 Å². The molecule has 5 N–H and O–H groups in total. The van der Waals surface area contributed by atoms with Crippen LogP contribution in [-0.4, -0.2) is 33.1 Å². The summed E-state index contributed by atoms with van der Waals surface area (Å²) in [5.41, 5.74) is 9.43. The van der Waals surface area contributed by atoms with E-state index in [0.29, 0.717) is 46.4 Å². The maximum atomic E-state index is 13.6. The lowest BCUT2D eigenvalue weighted by atomic mass is 10.0. The molecule has 9 nitrogen and oxygen atoms in total. The lowest BCUT2D eigenvalue weighted by Gasteiger charge is -2.22. The Labute approximate surface area is 239 Å². The van der Waals surface area contributed by atoms with Crippen molar-refractivity contribution in [3.05, 3.63) is 113 Å². The second-order valence-corrected chi connectivity index (χ2v) is 9.16. The number of rotatable bonds is 13. The van der Waals surface area contributed by atoms with Gasteiger partial charge in [-0.3, -0.25) is 10.2 Å². The van der Waals surface area contributed by atoms with E-state index in [1.165, 1.54) is 0 Å². The zero-order valence-electron chi connectivity index (χ0n) is 23.3. The number of hydrogen-bond donors (Lipinski definition) is 4. The first-order valence-corrected chi connectivity index (χ1v) is 13.0. The van der Waals surface area contributed by atoms with Gasteiger partial charge in [-0.2, -0.15) is 0 Å². The molecular weight excluding hydrogens is 520 g/mol. The number of methoxy groups -OCH3 is 3. The molecule has 0 aliphatic heterocycles. The Morgan fingerprint density at radius 3 is 2.10 bits per heavy atom. The summed E-state index contributed by atoms with van der Waals surface area (Å²) in [4.78, 5) is 13.6. The van der Waals surface area contributed by atoms with E-state index in [4.69, 9.17) is 30.1 Å². The predicted molar refractivity (Wildman–Crippen MR) is 159 cm³/mol. The first-order valence-electron chi connectivity index (χ1n) is 13.0. The van der Waals surface area contributed by atoms with E-state index in [1.54, 1.807) is 63.8 Å². The van der Waals surface area contributed by atoms with Crippen LogP contribution in [0.3, 0.4) is 0 Å². The molecule has 4 rings (SSSR count). The Morgan fingerprint density at radius 1 is 0.780 bits per heavy atom. The summed E-state index contributed by atoms with van der Waals surface area (Å²) in [5.74, 6) is 1.97. The average molecular weight is 555 g/mol. The van der Waals surface area contributed by atoms with Gasteiger partial charge in [0.1, 0.15) is 18.5 Å². The van der Waals surface area contributed by atoms with Crippen molar-refractivity contribution >= 4 is 17.4 Å². The van der Waals surface area contributed by atoms with Crippen molar-refractivity contribution in [3.8, 4) is 23.0 Å². The number of amidine groups is 1. The number of nitrogen functional groups attached to an aromatic ring is 1. The Hall–Kier alpha value is -5.18. The minimum Gasteiger partial charge on any atom is -0.493 e. The maximum Gasteiger partial charge on any atom is 0.247 e. The zero-order chi connectivity index (χ0) is 29.2. The molecule has 0 aliphatic rings. The molecule has 0 saturated carbocycles. The molecule has 0 aliphatic carbocycles. The first kappa shape index (κ1) is 28.8. The van der Waals surface area contributed by atoms with Crippen LogP contribution in [0.25, 0.3) is 0 Å². The molecule has 4 aromatic carbocycles. The van der Waals surface area contributed by atoms with Crippen molar-refractivity contribution in [1.82, 2.24) is 5.32 Å². The van der Waals surface area contributed by atoms with Gasteiger partial charge in [-0.1, -0.05) is 42.5 Å². The van der Waals surface area contributed by atoms with Gasteiger partial charge in [0.05, 0.1) is 21.3 Å². The van der Waals surface area contributed by atoms with E-state index >= 15 is 0 Å². The first-order chi connectivity index (χ1) is 19.9. The van der Waals surface area contributed by atoms with Crippen molar-refractivity contribution in [1.29, 1.82) is 5.41 Å². The van der Waals surface area contributed by atoms with Crippen molar-refractivity contribution in [2.75, 3.05) is 26.6 Å². The molecule has 0 heterocycles. The van der Waals surface area contributed by atoms with E-state index in [1.807, 2.05) is 48.5 Å². The van der Waals surface area contributed by atoms with E-state index in [0.717, 1.165) is 11.1 Å². The Balaban J connectivity index is 1.57. The molecule has 0 fully saturated rings. The molecule has 212 valence electrons. The SMILES string of the molecule is COc1ccc(CNC(=O)[C@@H](Nc2ccc(C(=N)N)cc2)c2ccc(OCc3ccccc3)c(OC)c2)cc1OC. The summed E-state index contributed by atoms with van der Waals surface area (Å²) in [5, 5.41) is 14.0. The normalized spacial score (nSPS) is 11.2. The van der Waals surface area contributed by atoms with Gasteiger partial charge in [0, 0.05) is 17.8 Å². The summed E-state index contributed by atoms with van der Waals surface area (Å²) < 4.78 is 22.3. The molecule has 0 saturated heterocycles. The summed E-state index contributed by atoms with van der Waals surface area (Å²) in [6, 6.07) is 27.0. The van der Waals surface area contributed by atoms with Crippen LogP contribution in [-0.2, 0) is 17.9 Å². The average Bonchev–Trinajstić information content (AvgIpc) is 3.01. The second kappa shape index (κ2) is 13.7. The summed E-state index contributed by atoms with van der Waals surface area (Å²) in [6.45, 7) is 0.655. The highest BCUT2D eigenvalue weighted by Gasteiger charge is 2.23.